The lowest BCUT2D eigenvalue weighted by Crippen LogP contribution is -2.31. The number of aliphatic hydroxyl groups excluding tert-OH is 1. The van der Waals surface area contributed by atoms with Crippen LogP contribution in [-0.2, 0) is 21.2 Å². The van der Waals surface area contributed by atoms with Crippen LogP contribution in [0.5, 0.6) is 0 Å². The van der Waals surface area contributed by atoms with Crippen LogP contribution < -0.4 is 9.62 Å². The first kappa shape index (κ1) is 15.0. The highest BCUT2D eigenvalue weighted by Crippen LogP contribution is 2.29. The highest BCUT2D eigenvalue weighted by molar-refractivity contribution is 7.89. The van der Waals surface area contributed by atoms with Gasteiger partial charge in [0.05, 0.1) is 17.4 Å². The molecule has 7 heteroatoms. The number of fused-ring (bicyclic) bond motifs is 1. The summed E-state index contributed by atoms with van der Waals surface area (Å²) in [6.07, 6.45) is -0.00870. The summed E-state index contributed by atoms with van der Waals surface area (Å²) >= 11 is 0. The second-order valence-electron chi connectivity index (χ2n) is 4.83. The van der Waals surface area contributed by atoms with E-state index in [1.165, 1.54) is 17.0 Å². The topological polar surface area (TPSA) is 86.7 Å². The molecule has 0 aromatic heterocycles. The number of carbonyl (C=O) groups excluding carboxylic acids is 1. The van der Waals surface area contributed by atoms with Crippen LogP contribution in [0, 0.1) is 0 Å². The standard InChI is InChI=1S/C13H18N2O4S/c1-3-10(16)8-14-20(18,19)11-4-5-12-9(6-11)7-13(17)15(12)2/h4-6,10,14,16H,3,7-8H2,1-2H3. The van der Waals surface area contributed by atoms with Gasteiger partial charge in [-0.05, 0) is 30.2 Å². The number of amides is 1. The van der Waals surface area contributed by atoms with E-state index in [1.54, 1.807) is 20.0 Å². The largest absolute Gasteiger partial charge is 0.392 e. The van der Waals surface area contributed by atoms with Gasteiger partial charge in [0.15, 0.2) is 0 Å². The van der Waals surface area contributed by atoms with Crippen molar-refractivity contribution in [2.75, 3.05) is 18.5 Å². The predicted molar refractivity (Wildman–Crippen MR) is 75.0 cm³/mol. The lowest BCUT2D eigenvalue weighted by molar-refractivity contribution is -0.117. The maximum absolute atomic E-state index is 12.1. The van der Waals surface area contributed by atoms with Crippen molar-refractivity contribution in [3.05, 3.63) is 23.8 Å². The van der Waals surface area contributed by atoms with E-state index < -0.39 is 16.1 Å². The number of carbonyl (C=O) groups is 1. The molecule has 110 valence electrons. The van der Waals surface area contributed by atoms with Crippen molar-refractivity contribution in [1.82, 2.24) is 4.72 Å². The lowest BCUT2D eigenvalue weighted by atomic mass is 10.2. The van der Waals surface area contributed by atoms with Crippen LogP contribution in [0.2, 0.25) is 0 Å². The first-order chi connectivity index (χ1) is 9.35. The normalized spacial score (nSPS) is 16.4. The summed E-state index contributed by atoms with van der Waals surface area (Å²) in [6.45, 7) is 1.75. The van der Waals surface area contributed by atoms with E-state index in [4.69, 9.17) is 0 Å². The molecule has 0 saturated heterocycles. The minimum absolute atomic E-state index is 0.0191. The molecule has 1 aliphatic heterocycles. The van der Waals surface area contributed by atoms with Crippen molar-refractivity contribution in [3.8, 4) is 0 Å². The van der Waals surface area contributed by atoms with Crippen molar-refractivity contribution in [1.29, 1.82) is 0 Å². The summed E-state index contributed by atoms with van der Waals surface area (Å²) in [5, 5.41) is 9.41. The van der Waals surface area contributed by atoms with Gasteiger partial charge < -0.3 is 10.0 Å². The van der Waals surface area contributed by atoms with E-state index >= 15 is 0 Å². The Bertz CT molecular complexity index is 627. The number of aliphatic hydroxyl groups is 1. The number of rotatable bonds is 5. The highest BCUT2D eigenvalue weighted by atomic mass is 32.2. The molecule has 1 unspecified atom stereocenters. The van der Waals surface area contributed by atoms with Crippen LogP contribution in [0.25, 0.3) is 0 Å². The number of nitrogens with zero attached hydrogens (tertiary/aromatic N) is 1. The zero-order valence-corrected chi connectivity index (χ0v) is 12.3. The molecule has 1 aromatic rings. The van der Waals surface area contributed by atoms with E-state index in [1.807, 2.05) is 0 Å². The van der Waals surface area contributed by atoms with Gasteiger partial charge in [-0.1, -0.05) is 6.92 Å². The first-order valence-electron chi connectivity index (χ1n) is 6.42. The Hall–Kier alpha value is -1.44. The van der Waals surface area contributed by atoms with Gasteiger partial charge in [-0.15, -0.1) is 0 Å². The molecule has 1 atom stereocenters. The van der Waals surface area contributed by atoms with E-state index in [0.29, 0.717) is 12.0 Å². The first-order valence-corrected chi connectivity index (χ1v) is 7.90. The Balaban J connectivity index is 2.22. The second kappa shape index (κ2) is 5.51. The summed E-state index contributed by atoms with van der Waals surface area (Å²) in [6, 6.07) is 4.61. The zero-order valence-electron chi connectivity index (χ0n) is 11.5. The van der Waals surface area contributed by atoms with Crippen LogP contribution in [-0.4, -0.2) is 39.1 Å². The molecule has 0 saturated carbocycles. The molecule has 6 nitrogen and oxygen atoms in total. The lowest BCUT2D eigenvalue weighted by Gasteiger charge is -2.12. The van der Waals surface area contributed by atoms with Crippen LogP contribution in [0.1, 0.15) is 18.9 Å². The number of likely N-dealkylation sites (N-methyl/N-ethyl adjacent to an activating group) is 1. The van der Waals surface area contributed by atoms with Crippen molar-refractivity contribution >= 4 is 21.6 Å². The van der Waals surface area contributed by atoms with E-state index in [-0.39, 0.29) is 23.8 Å². The molecule has 0 bridgehead atoms. The van der Waals surface area contributed by atoms with Crippen LogP contribution >= 0.6 is 0 Å². The quantitative estimate of drug-likeness (QED) is 0.816. The van der Waals surface area contributed by atoms with Crippen LogP contribution in [0.3, 0.4) is 0 Å². The third kappa shape index (κ3) is 2.84. The SMILES string of the molecule is CCC(O)CNS(=O)(=O)c1ccc2c(c1)CC(=O)N2C. The highest BCUT2D eigenvalue weighted by Gasteiger charge is 2.26. The fourth-order valence-electron chi connectivity index (χ4n) is 2.05. The van der Waals surface area contributed by atoms with Gasteiger partial charge in [-0.25, -0.2) is 13.1 Å². The smallest absolute Gasteiger partial charge is 0.240 e. The summed E-state index contributed by atoms with van der Waals surface area (Å²) < 4.78 is 26.6. The molecule has 0 spiro atoms. The summed E-state index contributed by atoms with van der Waals surface area (Å²) in [4.78, 5) is 13.2. The maximum atomic E-state index is 12.1. The van der Waals surface area contributed by atoms with Gasteiger partial charge in [0.2, 0.25) is 15.9 Å². The third-order valence-electron chi connectivity index (χ3n) is 3.42. The molecule has 1 aliphatic rings. The number of anilines is 1. The maximum Gasteiger partial charge on any atom is 0.240 e. The minimum Gasteiger partial charge on any atom is -0.392 e. The second-order valence-corrected chi connectivity index (χ2v) is 6.60. The Labute approximate surface area is 118 Å². The molecule has 0 aliphatic carbocycles. The predicted octanol–water partition coefficient (Wildman–Crippen LogP) is 0.255. The molecule has 0 fully saturated rings. The van der Waals surface area contributed by atoms with Gasteiger partial charge >= 0.3 is 0 Å². The van der Waals surface area contributed by atoms with Gasteiger partial charge in [0.1, 0.15) is 0 Å². The molecular weight excluding hydrogens is 280 g/mol. The van der Waals surface area contributed by atoms with Gasteiger partial charge in [0, 0.05) is 19.3 Å². The number of sulfonamides is 1. The Kier molecular flexibility index (Phi) is 4.12. The van der Waals surface area contributed by atoms with Gasteiger partial charge in [-0.2, -0.15) is 0 Å². The monoisotopic (exact) mass is 298 g/mol. The molecule has 1 amide bonds. The third-order valence-corrected chi connectivity index (χ3v) is 4.84. The van der Waals surface area contributed by atoms with Crippen LogP contribution in [0.4, 0.5) is 5.69 Å². The Morgan fingerprint density at radius 1 is 1.45 bits per heavy atom. The summed E-state index contributed by atoms with van der Waals surface area (Å²) in [5.41, 5.74) is 1.44. The fraction of sp³-hybridized carbons (Fsp3) is 0.462. The molecular formula is C13H18N2O4S. The summed E-state index contributed by atoms with van der Waals surface area (Å²) in [5.74, 6) is -0.0519. The van der Waals surface area contributed by atoms with E-state index in [9.17, 15) is 18.3 Å². The van der Waals surface area contributed by atoms with E-state index in [0.717, 1.165) is 5.69 Å². The molecule has 20 heavy (non-hydrogen) atoms. The van der Waals surface area contributed by atoms with Gasteiger partial charge in [-0.3, -0.25) is 4.79 Å². The Morgan fingerprint density at radius 3 is 2.80 bits per heavy atom. The fourth-order valence-corrected chi connectivity index (χ4v) is 3.17. The number of hydrogen-bond donors (Lipinski definition) is 2. The Morgan fingerprint density at radius 2 is 2.15 bits per heavy atom. The average Bonchev–Trinajstić information content (AvgIpc) is 2.71. The number of nitrogens with one attached hydrogen (secondary N) is 1. The van der Waals surface area contributed by atoms with Crippen molar-refractivity contribution in [2.45, 2.75) is 30.8 Å². The molecule has 2 rings (SSSR count). The number of hydrogen-bond acceptors (Lipinski definition) is 4. The van der Waals surface area contributed by atoms with Crippen molar-refractivity contribution < 1.29 is 18.3 Å². The minimum atomic E-state index is -3.66. The molecule has 2 N–H and O–H groups in total. The number of benzene rings is 1. The van der Waals surface area contributed by atoms with Gasteiger partial charge in [0.25, 0.3) is 0 Å². The van der Waals surface area contributed by atoms with Crippen molar-refractivity contribution in [2.24, 2.45) is 0 Å². The average molecular weight is 298 g/mol. The molecule has 0 radical (unpaired) electrons. The van der Waals surface area contributed by atoms with E-state index in [2.05, 4.69) is 4.72 Å². The zero-order chi connectivity index (χ0) is 14.9. The molecule has 1 heterocycles. The van der Waals surface area contributed by atoms with Crippen LogP contribution in [0.15, 0.2) is 23.1 Å². The van der Waals surface area contributed by atoms with Crippen molar-refractivity contribution in [3.63, 3.8) is 0 Å². The summed E-state index contributed by atoms with van der Waals surface area (Å²) in [7, 11) is -2.00. The molecule has 1 aromatic carbocycles.